The summed E-state index contributed by atoms with van der Waals surface area (Å²) in [7, 11) is 5.37. The van der Waals surface area contributed by atoms with E-state index in [9.17, 15) is 4.79 Å². The van der Waals surface area contributed by atoms with Crippen molar-refractivity contribution < 1.29 is 9.90 Å². The van der Waals surface area contributed by atoms with Crippen molar-refractivity contribution in [3.8, 4) is 0 Å². The lowest BCUT2D eigenvalue weighted by Gasteiger charge is -2.25. The third kappa shape index (κ3) is 2.20. The van der Waals surface area contributed by atoms with Gasteiger partial charge in [0.2, 0.25) is 0 Å². The van der Waals surface area contributed by atoms with Gasteiger partial charge in [0, 0.05) is 5.25 Å². The second kappa shape index (κ2) is 4.37. The van der Waals surface area contributed by atoms with Crippen molar-refractivity contribution in [2.75, 3.05) is 5.75 Å². The summed E-state index contributed by atoms with van der Waals surface area (Å²) in [5, 5.41) is 9.01. The molecule has 0 aliphatic carbocycles. The Kier molecular flexibility index (Phi) is 3.68. The topological polar surface area (TPSA) is 63.3 Å². The molecule has 1 heterocycles. The van der Waals surface area contributed by atoms with Crippen molar-refractivity contribution in [3.63, 3.8) is 0 Å². The SMILES string of the molecule is [B]CCCC1SCCC1(N)C(=O)O. The number of rotatable bonds is 4. The van der Waals surface area contributed by atoms with Gasteiger partial charge >= 0.3 is 5.97 Å². The van der Waals surface area contributed by atoms with Gasteiger partial charge in [-0.25, -0.2) is 0 Å². The van der Waals surface area contributed by atoms with Crippen LogP contribution >= 0.6 is 11.8 Å². The van der Waals surface area contributed by atoms with Crippen LogP contribution < -0.4 is 5.73 Å². The first-order valence-corrected chi connectivity index (χ1v) is 5.50. The molecular formula is C8H14BNO2S. The van der Waals surface area contributed by atoms with Crippen LogP contribution in [0.1, 0.15) is 19.3 Å². The van der Waals surface area contributed by atoms with Gasteiger partial charge in [-0.1, -0.05) is 12.7 Å². The minimum atomic E-state index is -1.01. The highest BCUT2D eigenvalue weighted by molar-refractivity contribution is 8.00. The molecule has 0 aromatic rings. The first kappa shape index (κ1) is 10.9. The third-order valence-corrected chi connectivity index (χ3v) is 3.98. The fourth-order valence-electron chi connectivity index (χ4n) is 1.57. The number of carboxylic acid groups (broad SMARTS) is 1. The van der Waals surface area contributed by atoms with Crippen molar-refractivity contribution >= 4 is 25.6 Å². The maximum absolute atomic E-state index is 10.9. The van der Waals surface area contributed by atoms with Gasteiger partial charge in [0.25, 0.3) is 0 Å². The summed E-state index contributed by atoms with van der Waals surface area (Å²) in [6.45, 7) is 0. The number of thioether (sulfide) groups is 1. The van der Waals surface area contributed by atoms with Crippen molar-refractivity contribution in [1.82, 2.24) is 0 Å². The van der Waals surface area contributed by atoms with E-state index in [-0.39, 0.29) is 5.25 Å². The second-order valence-electron chi connectivity index (χ2n) is 3.39. The zero-order chi connectivity index (χ0) is 9.90. The fourth-order valence-corrected chi connectivity index (χ4v) is 3.16. The van der Waals surface area contributed by atoms with Gasteiger partial charge in [0.1, 0.15) is 5.54 Å². The van der Waals surface area contributed by atoms with Gasteiger partial charge < -0.3 is 10.8 Å². The van der Waals surface area contributed by atoms with Crippen molar-refractivity contribution in [1.29, 1.82) is 0 Å². The molecule has 1 fully saturated rings. The zero-order valence-electron chi connectivity index (χ0n) is 7.53. The van der Waals surface area contributed by atoms with Crippen molar-refractivity contribution in [2.45, 2.75) is 36.4 Å². The molecule has 0 saturated carbocycles. The Labute approximate surface area is 83.9 Å². The average Bonchev–Trinajstić information content (AvgIpc) is 2.45. The number of aliphatic carboxylic acids is 1. The first-order valence-electron chi connectivity index (χ1n) is 4.45. The molecule has 2 atom stereocenters. The molecule has 1 aliphatic heterocycles. The first-order chi connectivity index (χ1) is 6.11. The second-order valence-corrected chi connectivity index (χ2v) is 4.70. The van der Waals surface area contributed by atoms with E-state index < -0.39 is 11.5 Å². The summed E-state index contributed by atoms with van der Waals surface area (Å²) < 4.78 is 0. The summed E-state index contributed by atoms with van der Waals surface area (Å²) in [6.07, 6.45) is 2.84. The predicted molar refractivity (Wildman–Crippen MR) is 55.2 cm³/mol. The van der Waals surface area contributed by atoms with E-state index in [1.54, 1.807) is 11.8 Å². The number of carboxylic acids is 1. The molecule has 1 saturated heterocycles. The van der Waals surface area contributed by atoms with Gasteiger partial charge in [-0.3, -0.25) is 4.79 Å². The average molecular weight is 199 g/mol. The molecule has 13 heavy (non-hydrogen) atoms. The largest absolute Gasteiger partial charge is 0.480 e. The molecule has 0 amide bonds. The van der Waals surface area contributed by atoms with E-state index in [0.717, 1.165) is 18.6 Å². The summed E-state index contributed by atoms with van der Waals surface area (Å²) in [5.74, 6) is -0.0302. The van der Waals surface area contributed by atoms with Crippen LogP contribution in [0.5, 0.6) is 0 Å². The molecule has 0 spiro atoms. The molecule has 72 valence electrons. The molecule has 5 heteroatoms. The lowest BCUT2D eigenvalue weighted by molar-refractivity contribution is -0.143. The van der Waals surface area contributed by atoms with Crippen LogP contribution in [0.2, 0.25) is 6.32 Å². The van der Waals surface area contributed by atoms with E-state index in [4.69, 9.17) is 18.7 Å². The summed E-state index contributed by atoms with van der Waals surface area (Å²) in [6, 6.07) is 0. The normalized spacial score (nSPS) is 33.5. The number of carbonyl (C=O) groups is 1. The molecule has 2 unspecified atom stereocenters. The van der Waals surface area contributed by atoms with Crippen LogP contribution in [0.15, 0.2) is 0 Å². The highest BCUT2D eigenvalue weighted by Crippen LogP contribution is 2.37. The molecule has 1 aliphatic rings. The van der Waals surface area contributed by atoms with E-state index in [2.05, 4.69) is 0 Å². The molecule has 0 aromatic carbocycles. The molecule has 1 rings (SSSR count). The highest BCUT2D eigenvalue weighted by atomic mass is 32.2. The molecule has 0 bridgehead atoms. The Balaban J connectivity index is 2.57. The molecule has 3 N–H and O–H groups in total. The summed E-state index contributed by atoms with van der Waals surface area (Å²) in [4.78, 5) is 10.9. The van der Waals surface area contributed by atoms with Gasteiger partial charge in [-0.15, -0.1) is 0 Å². The van der Waals surface area contributed by atoms with Crippen LogP contribution in [0.3, 0.4) is 0 Å². The molecular weight excluding hydrogens is 185 g/mol. The van der Waals surface area contributed by atoms with Crippen LogP contribution in [-0.2, 0) is 4.79 Å². The maximum Gasteiger partial charge on any atom is 0.324 e. The number of hydrogen-bond acceptors (Lipinski definition) is 3. The van der Waals surface area contributed by atoms with Gasteiger partial charge in [0.05, 0.1) is 7.85 Å². The summed E-state index contributed by atoms with van der Waals surface area (Å²) in [5.41, 5.74) is 4.81. The predicted octanol–water partition coefficient (Wildman–Crippen LogP) is 0.641. The Bertz CT molecular complexity index is 203. The van der Waals surface area contributed by atoms with E-state index in [0.29, 0.717) is 12.7 Å². The third-order valence-electron chi connectivity index (χ3n) is 2.48. The van der Waals surface area contributed by atoms with Gasteiger partial charge in [0.15, 0.2) is 0 Å². The van der Waals surface area contributed by atoms with Crippen LogP contribution in [0, 0.1) is 0 Å². The zero-order valence-corrected chi connectivity index (χ0v) is 8.35. The fraction of sp³-hybridized carbons (Fsp3) is 0.875. The van der Waals surface area contributed by atoms with E-state index >= 15 is 0 Å². The number of hydrogen-bond donors (Lipinski definition) is 2. The van der Waals surface area contributed by atoms with Gasteiger partial charge in [-0.05, 0) is 18.6 Å². The smallest absolute Gasteiger partial charge is 0.324 e. The maximum atomic E-state index is 10.9. The monoisotopic (exact) mass is 199 g/mol. The molecule has 3 nitrogen and oxygen atoms in total. The Morgan fingerprint density at radius 1 is 1.77 bits per heavy atom. The van der Waals surface area contributed by atoms with Crippen molar-refractivity contribution in [2.24, 2.45) is 5.73 Å². The molecule has 2 radical (unpaired) electrons. The Hall–Kier alpha value is -0.155. The number of nitrogens with two attached hydrogens (primary N) is 1. The van der Waals surface area contributed by atoms with E-state index in [1.165, 1.54) is 0 Å². The van der Waals surface area contributed by atoms with Crippen LogP contribution in [0.4, 0.5) is 0 Å². The standard InChI is InChI=1S/C8H14BNO2S/c9-4-1-2-6-8(10,7(11)12)3-5-13-6/h6H,1-5,10H2,(H,11,12). The lowest BCUT2D eigenvalue weighted by atomic mass is 9.88. The van der Waals surface area contributed by atoms with Crippen LogP contribution in [0.25, 0.3) is 0 Å². The lowest BCUT2D eigenvalue weighted by Crippen LogP contribution is -2.53. The quantitative estimate of drug-likeness (QED) is 0.652. The van der Waals surface area contributed by atoms with Crippen molar-refractivity contribution in [3.05, 3.63) is 0 Å². The van der Waals surface area contributed by atoms with Crippen LogP contribution in [-0.4, -0.2) is 35.5 Å². The van der Waals surface area contributed by atoms with Gasteiger partial charge in [-0.2, -0.15) is 11.8 Å². The minimum absolute atomic E-state index is 0.0357. The Morgan fingerprint density at radius 2 is 2.46 bits per heavy atom. The Morgan fingerprint density at radius 3 is 3.00 bits per heavy atom. The summed E-state index contributed by atoms with van der Waals surface area (Å²) >= 11 is 1.66. The highest BCUT2D eigenvalue weighted by Gasteiger charge is 2.45. The minimum Gasteiger partial charge on any atom is -0.480 e. The molecule has 0 aromatic heterocycles. The van der Waals surface area contributed by atoms with E-state index in [1.807, 2.05) is 0 Å².